The van der Waals surface area contributed by atoms with Crippen molar-refractivity contribution in [2.24, 2.45) is 4.99 Å². The number of hydrogen-bond acceptors (Lipinski definition) is 5. The van der Waals surface area contributed by atoms with Gasteiger partial charge >= 0.3 is 0 Å². The summed E-state index contributed by atoms with van der Waals surface area (Å²) in [5, 5.41) is 1.16. The van der Waals surface area contributed by atoms with E-state index in [2.05, 4.69) is 4.99 Å². The minimum atomic E-state index is -3.13. The molecule has 0 bridgehead atoms. The fourth-order valence-electron chi connectivity index (χ4n) is 3.46. The van der Waals surface area contributed by atoms with Crippen LogP contribution in [0.5, 0.6) is 0 Å². The molecule has 0 N–H and O–H groups in total. The smallest absolute Gasteiger partial charge is 0.277 e. The molecule has 3 atom stereocenters. The van der Waals surface area contributed by atoms with Gasteiger partial charge in [0.2, 0.25) is 0 Å². The second-order valence-electron chi connectivity index (χ2n) is 6.50. The van der Waals surface area contributed by atoms with Crippen LogP contribution in [0.15, 0.2) is 23.2 Å². The zero-order valence-electron chi connectivity index (χ0n) is 13.6. The van der Waals surface area contributed by atoms with Crippen molar-refractivity contribution in [3.8, 4) is 0 Å². The van der Waals surface area contributed by atoms with Gasteiger partial charge in [-0.05, 0) is 31.0 Å². The number of sulfone groups is 1. The minimum Gasteiger partial charge on any atom is -0.368 e. The van der Waals surface area contributed by atoms with Crippen LogP contribution in [0.4, 0.5) is 5.69 Å². The van der Waals surface area contributed by atoms with Crippen molar-refractivity contribution in [1.82, 2.24) is 0 Å². The number of amides is 1. The van der Waals surface area contributed by atoms with Gasteiger partial charge < -0.3 is 9.64 Å². The summed E-state index contributed by atoms with van der Waals surface area (Å²) < 4.78 is 29.6. The fourth-order valence-corrected chi connectivity index (χ4v) is 7.87. The fraction of sp³-hybridized carbons (Fsp3) is 0.500. The van der Waals surface area contributed by atoms with Gasteiger partial charge in [-0.15, -0.1) is 0 Å². The standard InChI is InChI=1S/C16H16Cl2N2O4S2/c17-9-3-4-11(10(18)6-9)20-12-7-26(22,23)8-14(12)25-16(20)19-15(21)13-2-1-5-24-13/h3-4,6,12-14H,1-2,5,7-8H2/t12-,13-,14-/m0/s1. The number of amidine groups is 1. The number of hydrogen-bond donors (Lipinski definition) is 0. The van der Waals surface area contributed by atoms with Crippen LogP contribution < -0.4 is 4.90 Å². The van der Waals surface area contributed by atoms with Crippen LogP contribution in [0.25, 0.3) is 0 Å². The summed E-state index contributed by atoms with van der Waals surface area (Å²) in [6.45, 7) is 0.560. The third kappa shape index (κ3) is 3.49. The molecule has 3 aliphatic rings. The highest BCUT2D eigenvalue weighted by atomic mass is 35.5. The third-order valence-corrected chi connectivity index (χ3v) is 8.39. The Morgan fingerprint density at radius 2 is 2.12 bits per heavy atom. The normalized spacial score (nSPS) is 31.5. The van der Waals surface area contributed by atoms with Crippen molar-refractivity contribution in [3.63, 3.8) is 0 Å². The molecule has 0 saturated carbocycles. The van der Waals surface area contributed by atoms with Crippen molar-refractivity contribution in [2.75, 3.05) is 23.0 Å². The lowest BCUT2D eigenvalue weighted by atomic mass is 10.2. The van der Waals surface area contributed by atoms with Crippen LogP contribution in [0, 0.1) is 0 Å². The van der Waals surface area contributed by atoms with E-state index < -0.39 is 15.9 Å². The van der Waals surface area contributed by atoms with Crippen LogP contribution in [-0.2, 0) is 19.4 Å². The van der Waals surface area contributed by atoms with E-state index in [9.17, 15) is 13.2 Å². The Balaban J connectivity index is 1.72. The Bertz CT molecular complexity index is 884. The predicted octanol–water partition coefficient (Wildman–Crippen LogP) is 2.77. The molecule has 140 valence electrons. The summed E-state index contributed by atoms with van der Waals surface area (Å²) in [7, 11) is -3.13. The maximum atomic E-state index is 12.4. The van der Waals surface area contributed by atoms with Crippen LogP contribution in [0.2, 0.25) is 10.0 Å². The highest BCUT2D eigenvalue weighted by Gasteiger charge is 2.50. The molecule has 0 spiro atoms. The van der Waals surface area contributed by atoms with Crippen LogP contribution >= 0.6 is 35.0 Å². The van der Waals surface area contributed by atoms with E-state index in [4.69, 9.17) is 27.9 Å². The van der Waals surface area contributed by atoms with E-state index in [0.717, 1.165) is 6.42 Å². The summed E-state index contributed by atoms with van der Waals surface area (Å²) in [6.07, 6.45) is 0.975. The molecule has 0 aromatic heterocycles. The van der Waals surface area contributed by atoms with Gasteiger partial charge in [0, 0.05) is 16.9 Å². The van der Waals surface area contributed by atoms with E-state index in [1.165, 1.54) is 11.8 Å². The number of thioether (sulfide) groups is 1. The lowest BCUT2D eigenvalue weighted by Crippen LogP contribution is -2.38. The number of halogens is 2. The van der Waals surface area contributed by atoms with Gasteiger partial charge in [0.15, 0.2) is 15.0 Å². The molecule has 10 heteroatoms. The first kappa shape index (κ1) is 18.6. The number of fused-ring (bicyclic) bond motifs is 1. The molecule has 0 radical (unpaired) electrons. The average molecular weight is 435 g/mol. The van der Waals surface area contributed by atoms with Crippen LogP contribution in [0.3, 0.4) is 0 Å². The van der Waals surface area contributed by atoms with Crippen LogP contribution in [0.1, 0.15) is 12.8 Å². The number of benzene rings is 1. The van der Waals surface area contributed by atoms with Crippen LogP contribution in [-0.4, -0.2) is 55.0 Å². The number of anilines is 1. The zero-order chi connectivity index (χ0) is 18.5. The highest BCUT2D eigenvalue weighted by Crippen LogP contribution is 2.43. The summed E-state index contributed by atoms with van der Waals surface area (Å²) in [5.41, 5.74) is 0.604. The number of nitrogens with zero attached hydrogens (tertiary/aromatic N) is 2. The van der Waals surface area contributed by atoms with E-state index in [-0.39, 0.29) is 28.7 Å². The molecular weight excluding hydrogens is 419 g/mol. The molecule has 1 aromatic carbocycles. The number of aliphatic imine (C=N–C) groups is 1. The maximum Gasteiger partial charge on any atom is 0.277 e. The summed E-state index contributed by atoms with van der Waals surface area (Å²) in [5.74, 6) is -0.253. The van der Waals surface area contributed by atoms with Gasteiger partial charge in [-0.2, -0.15) is 4.99 Å². The highest BCUT2D eigenvalue weighted by molar-refractivity contribution is 8.16. The molecule has 26 heavy (non-hydrogen) atoms. The van der Waals surface area contributed by atoms with Gasteiger partial charge in [-0.25, -0.2) is 8.42 Å². The number of ether oxygens (including phenoxy) is 1. The zero-order valence-corrected chi connectivity index (χ0v) is 16.7. The summed E-state index contributed by atoms with van der Waals surface area (Å²) in [4.78, 5) is 18.5. The maximum absolute atomic E-state index is 12.4. The van der Waals surface area contributed by atoms with Crippen molar-refractivity contribution >= 4 is 61.6 Å². The Hall–Kier alpha value is -0.800. The SMILES string of the molecule is O=C(N=C1S[C@H]2CS(=O)(=O)C[C@@H]2N1c1ccc(Cl)cc1Cl)[C@@H]1CCCO1. The molecule has 3 fully saturated rings. The van der Waals surface area contributed by atoms with Gasteiger partial charge in [-0.1, -0.05) is 35.0 Å². The van der Waals surface area contributed by atoms with Crippen molar-refractivity contribution in [1.29, 1.82) is 0 Å². The number of carbonyl (C=O) groups excluding carboxylic acids is 1. The van der Waals surface area contributed by atoms with E-state index in [0.29, 0.717) is 33.9 Å². The first-order valence-corrected chi connectivity index (χ1v) is 11.7. The predicted molar refractivity (Wildman–Crippen MR) is 104 cm³/mol. The Morgan fingerprint density at radius 3 is 2.81 bits per heavy atom. The topological polar surface area (TPSA) is 76.0 Å². The second kappa shape index (κ2) is 6.98. The molecule has 3 aliphatic heterocycles. The lowest BCUT2D eigenvalue weighted by molar-refractivity contribution is -0.126. The Kier molecular flexibility index (Phi) is 4.98. The number of carbonyl (C=O) groups is 1. The van der Waals surface area contributed by atoms with Crippen molar-refractivity contribution < 1.29 is 17.9 Å². The van der Waals surface area contributed by atoms with Gasteiger partial charge in [0.25, 0.3) is 5.91 Å². The van der Waals surface area contributed by atoms with E-state index in [1.807, 2.05) is 0 Å². The second-order valence-corrected chi connectivity index (χ2v) is 10.7. The lowest BCUT2D eigenvalue weighted by Gasteiger charge is -2.25. The molecule has 3 heterocycles. The first-order valence-electron chi connectivity index (χ1n) is 8.19. The molecule has 1 aromatic rings. The van der Waals surface area contributed by atoms with Gasteiger partial charge in [0.1, 0.15) is 6.10 Å². The molecule has 0 unspecified atom stereocenters. The largest absolute Gasteiger partial charge is 0.368 e. The van der Waals surface area contributed by atoms with Crippen molar-refractivity contribution in [3.05, 3.63) is 28.2 Å². The Labute approximate surface area is 165 Å². The molecule has 1 amide bonds. The summed E-state index contributed by atoms with van der Waals surface area (Å²) >= 11 is 13.6. The van der Waals surface area contributed by atoms with Crippen molar-refractivity contribution in [2.45, 2.75) is 30.2 Å². The molecule has 3 saturated heterocycles. The number of rotatable bonds is 2. The summed E-state index contributed by atoms with van der Waals surface area (Å²) in [6, 6.07) is 4.70. The van der Waals surface area contributed by atoms with E-state index in [1.54, 1.807) is 23.1 Å². The minimum absolute atomic E-state index is 0.0107. The molecule has 4 rings (SSSR count). The quantitative estimate of drug-likeness (QED) is 0.711. The molecular formula is C16H16Cl2N2O4S2. The van der Waals surface area contributed by atoms with Gasteiger partial charge in [-0.3, -0.25) is 4.79 Å². The monoisotopic (exact) mass is 434 g/mol. The van der Waals surface area contributed by atoms with E-state index >= 15 is 0 Å². The average Bonchev–Trinajstić information content (AvgIpc) is 3.23. The molecule has 0 aliphatic carbocycles. The van der Waals surface area contributed by atoms with Gasteiger partial charge in [0.05, 0.1) is 28.3 Å². The first-order chi connectivity index (χ1) is 12.3. The molecule has 6 nitrogen and oxygen atoms in total. The third-order valence-electron chi connectivity index (χ3n) is 4.65. The Morgan fingerprint density at radius 1 is 1.31 bits per heavy atom.